The van der Waals surface area contributed by atoms with Gasteiger partial charge in [-0.25, -0.2) is 5.48 Å². The summed E-state index contributed by atoms with van der Waals surface area (Å²) in [5, 5.41) is 15.3. The van der Waals surface area contributed by atoms with Crippen LogP contribution in [0, 0.1) is 24.2 Å². The van der Waals surface area contributed by atoms with Gasteiger partial charge in [0, 0.05) is 40.5 Å². The Labute approximate surface area is 238 Å². The smallest absolute Gasteiger partial charge is 0.274 e. The second-order valence-corrected chi connectivity index (χ2v) is 10.2. The van der Waals surface area contributed by atoms with Gasteiger partial charge in [-0.2, -0.15) is 5.26 Å². The summed E-state index contributed by atoms with van der Waals surface area (Å²) in [6.45, 7) is 4.60. The van der Waals surface area contributed by atoms with Gasteiger partial charge in [0.15, 0.2) is 0 Å². The minimum absolute atomic E-state index is 0.135. The average molecular weight is 550 g/mol. The van der Waals surface area contributed by atoms with Crippen LogP contribution in [0.3, 0.4) is 0 Å². The fraction of sp³-hybridized carbons (Fsp3) is 0.250. The van der Waals surface area contributed by atoms with Crippen LogP contribution in [0.15, 0.2) is 66.7 Å². The molecule has 0 spiro atoms. The second-order valence-electron chi connectivity index (χ2n) is 10.2. The summed E-state index contributed by atoms with van der Waals surface area (Å²) >= 11 is 0. The highest BCUT2D eigenvalue weighted by Crippen LogP contribution is 2.38. The molecule has 2 heterocycles. The molecule has 3 aromatic rings. The number of benzene rings is 3. The number of carbonyl (C=O) groups excluding carboxylic acids is 3. The molecule has 0 radical (unpaired) electrons. The van der Waals surface area contributed by atoms with Crippen molar-refractivity contribution in [3.05, 3.63) is 94.5 Å². The van der Waals surface area contributed by atoms with Crippen molar-refractivity contribution in [1.82, 2.24) is 10.4 Å². The van der Waals surface area contributed by atoms with Crippen molar-refractivity contribution in [2.45, 2.75) is 19.8 Å². The van der Waals surface area contributed by atoms with E-state index in [1.165, 1.54) is 0 Å². The van der Waals surface area contributed by atoms with Gasteiger partial charge in [0.1, 0.15) is 6.29 Å². The third kappa shape index (κ3) is 6.35. The van der Waals surface area contributed by atoms with Crippen molar-refractivity contribution >= 4 is 40.7 Å². The number of fused-ring (bicyclic) bond motifs is 1. The number of aldehydes is 1. The van der Waals surface area contributed by atoms with Gasteiger partial charge in [-0.3, -0.25) is 19.2 Å². The standard InChI is InChI=1S/C32H31N5O4/c1-21-17-27-28(18-25(21)20-38)35-32(40)29(27)30(23-5-3-2-4-6-23)34-26-9-7-24(8-10-26)31(39)36-41-16-15-37-13-11-22(19-33)12-14-37/h2-10,17-18,20,22,34H,11-16H2,1H3,(H,35,40)(H,36,39)/b30-29-. The van der Waals surface area contributed by atoms with Crippen molar-refractivity contribution in [3.8, 4) is 6.07 Å². The third-order valence-electron chi connectivity index (χ3n) is 7.45. The molecule has 208 valence electrons. The Bertz CT molecular complexity index is 1520. The number of nitrogens with one attached hydrogen (secondary N) is 3. The average Bonchev–Trinajstić information content (AvgIpc) is 3.32. The van der Waals surface area contributed by atoms with Crippen LogP contribution in [0.5, 0.6) is 0 Å². The zero-order valence-electron chi connectivity index (χ0n) is 22.8. The van der Waals surface area contributed by atoms with Crippen molar-refractivity contribution in [2.24, 2.45) is 5.92 Å². The molecule has 9 heteroatoms. The Balaban J connectivity index is 1.28. The van der Waals surface area contributed by atoms with Crippen LogP contribution in [-0.2, 0) is 9.63 Å². The molecule has 0 aromatic heterocycles. The number of carbonyl (C=O) groups is 3. The number of nitriles is 1. The quantitative estimate of drug-likeness (QED) is 0.154. The van der Waals surface area contributed by atoms with E-state index in [0.29, 0.717) is 52.5 Å². The summed E-state index contributed by atoms with van der Waals surface area (Å²) < 4.78 is 0. The molecule has 0 aliphatic carbocycles. The Hall–Kier alpha value is -4.78. The topological polar surface area (TPSA) is 124 Å². The normalized spacial score (nSPS) is 16.3. The van der Waals surface area contributed by atoms with E-state index in [0.717, 1.165) is 43.3 Å². The number of aryl methyl sites for hydroxylation is 1. The van der Waals surface area contributed by atoms with Gasteiger partial charge in [-0.15, -0.1) is 0 Å². The van der Waals surface area contributed by atoms with E-state index in [1.54, 1.807) is 30.3 Å². The summed E-state index contributed by atoms with van der Waals surface area (Å²) in [5.41, 5.74) is 8.12. The van der Waals surface area contributed by atoms with Gasteiger partial charge in [-0.05, 0) is 80.4 Å². The SMILES string of the molecule is Cc1cc2c(cc1C=O)NC(=O)/C2=C(\Nc1ccc(C(=O)NOCCN2CCC(C#N)CC2)cc1)c1ccccc1. The van der Waals surface area contributed by atoms with Crippen LogP contribution in [0.4, 0.5) is 11.4 Å². The minimum Gasteiger partial charge on any atom is -0.354 e. The molecule has 0 atom stereocenters. The predicted molar refractivity (Wildman–Crippen MR) is 157 cm³/mol. The number of likely N-dealkylation sites (tertiary alicyclic amines) is 1. The van der Waals surface area contributed by atoms with E-state index in [1.807, 2.05) is 43.3 Å². The number of hydrogen-bond acceptors (Lipinski definition) is 7. The van der Waals surface area contributed by atoms with E-state index in [4.69, 9.17) is 10.1 Å². The molecule has 3 N–H and O–H groups in total. The van der Waals surface area contributed by atoms with E-state index >= 15 is 0 Å². The number of amides is 2. The first-order valence-electron chi connectivity index (χ1n) is 13.6. The Morgan fingerprint density at radius 2 is 1.83 bits per heavy atom. The molecule has 1 saturated heterocycles. The fourth-order valence-corrected chi connectivity index (χ4v) is 5.09. The molecule has 2 aliphatic rings. The maximum Gasteiger partial charge on any atom is 0.274 e. The van der Waals surface area contributed by atoms with Crippen LogP contribution >= 0.6 is 0 Å². The lowest BCUT2D eigenvalue weighted by atomic mass is 9.97. The lowest BCUT2D eigenvalue weighted by Gasteiger charge is -2.28. The summed E-state index contributed by atoms with van der Waals surface area (Å²) in [6.07, 6.45) is 2.51. The summed E-state index contributed by atoms with van der Waals surface area (Å²) in [7, 11) is 0. The molecule has 2 amide bonds. The van der Waals surface area contributed by atoms with E-state index < -0.39 is 0 Å². The van der Waals surface area contributed by atoms with E-state index in [9.17, 15) is 14.4 Å². The van der Waals surface area contributed by atoms with Gasteiger partial charge in [0.05, 0.1) is 23.9 Å². The lowest BCUT2D eigenvalue weighted by molar-refractivity contribution is -0.110. The van der Waals surface area contributed by atoms with Crippen molar-refractivity contribution in [2.75, 3.05) is 36.9 Å². The molecule has 0 unspecified atom stereocenters. The highest BCUT2D eigenvalue weighted by atomic mass is 16.6. The predicted octanol–water partition coefficient (Wildman–Crippen LogP) is 4.64. The number of nitrogens with zero attached hydrogens (tertiary/aromatic N) is 2. The van der Waals surface area contributed by atoms with Gasteiger partial charge < -0.3 is 15.5 Å². The highest BCUT2D eigenvalue weighted by Gasteiger charge is 2.29. The summed E-state index contributed by atoms with van der Waals surface area (Å²) in [5.74, 6) is -0.487. The molecule has 5 rings (SSSR count). The highest BCUT2D eigenvalue weighted by molar-refractivity contribution is 6.37. The zero-order chi connectivity index (χ0) is 28.8. The molecule has 3 aromatic carbocycles. The molecule has 9 nitrogen and oxygen atoms in total. The number of hydrogen-bond donors (Lipinski definition) is 3. The second kappa shape index (κ2) is 12.6. The van der Waals surface area contributed by atoms with Gasteiger partial charge >= 0.3 is 0 Å². The Morgan fingerprint density at radius 3 is 2.51 bits per heavy atom. The van der Waals surface area contributed by atoms with Crippen molar-refractivity contribution in [1.29, 1.82) is 5.26 Å². The first-order chi connectivity index (χ1) is 20.0. The summed E-state index contributed by atoms with van der Waals surface area (Å²) in [4.78, 5) is 44.8. The van der Waals surface area contributed by atoms with Crippen LogP contribution in [-0.4, -0.2) is 49.2 Å². The minimum atomic E-state index is -0.355. The molecule has 2 aliphatic heterocycles. The van der Waals surface area contributed by atoms with E-state index in [-0.39, 0.29) is 17.7 Å². The summed E-state index contributed by atoms with van der Waals surface area (Å²) in [6, 6.07) is 22.3. The lowest BCUT2D eigenvalue weighted by Crippen LogP contribution is -2.37. The molecule has 0 saturated carbocycles. The Morgan fingerprint density at radius 1 is 1.10 bits per heavy atom. The van der Waals surface area contributed by atoms with Gasteiger partial charge in [0.25, 0.3) is 11.8 Å². The maximum atomic E-state index is 13.2. The molecule has 1 fully saturated rings. The molecule has 0 bridgehead atoms. The van der Waals surface area contributed by atoms with Crippen LogP contribution in [0.25, 0.3) is 11.3 Å². The monoisotopic (exact) mass is 549 g/mol. The molecule has 41 heavy (non-hydrogen) atoms. The van der Waals surface area contributed by atoms with Crippen molar-refractivity contribution in [3.63, 3.8) is 0 Å². The van der Waals surface area contributed by atoms with Crippen LogP contribution in [0.2, 0.25) is 0 Å². The number of piperidine rings is 1. The van der Waals surface area contributed by atoms with Crippen LogP contribution < -0.4 is 16.1 Å². The zero-order valence-corrected chi connectivity index (χ0v) is 22.8. The van der Waals surface area contributed by atoms with Gasteiger partial charge in [0.2, 0.25) is 0 Å². The van der Waals surface area contributed by atoms with Crippen LogP contribution in [0.1, 0.15) is 50.2 Å². The molecular formula is C32H31N5O4. The Kier molecular flexibility index (Phi) is 8.53. The third-order valence-corrected chi connectivity index (χ3v) is 7.45. The van der Waals surface area contributed by atoms with Gasteiger partial charge in [-0.1, -0.05) is 30.3 Å². The van der Waals surface area contributed by atoms with E-state index in [2.05, 4.69) is 27.1 Å². The number of anilines is 2. The number of rotatable bonds is 9. The first kappa shape index (κ1) is 27.8. The largest absolute Gasteiger partial charge is 0.354 e. The molecular weight excluding hydrogens is 518 g/mol. The fourth-order valence-electron chi connectivity index (χ4n) is 5.09. The number of hydroxylamine groups is 1. The van der Waals surface area contributed by atoms with Crippen molar-refractivity contribution < 1.29 is 19.2 Å². The maximum absolute atomic E-state index is 13.2. The first-order valence-corrected chi connectivity index (χ1v) is 13.6.